The first kappa shape index (κ1) is 12.9. The van der Waals surface area contributed by atoms with Crippen molar-refractivity contribution in [2.24, 2.45) is 0 Å². The van der Waals surface area contributed by atoms with Gasteiger partial charge in [0, 0.05) is 43.4 Å². The third kappa shape index (κ3) is 3.70. The summed E-state index contributed by atoms with van der Waals surface area (Å²) in [6.07, 6.45) is 6.62. The number of hydrogen-bond donors (Lipinski definition) is 2. The van der Waals surface area contributed by atoms with Crippen LogP contribution in [0.4, 0.5) is 5.69 Å². The maximum Gasteiger partial charge on any atom is 0.251 e. The Kier molecular flexibility index (Phi) is 3.97. The summed E-state index contributed by atoms with van der Waals surface area (Å²) < 4.78 is 3.13. The van der Waals surface area contributed by atoms with Gasteiger partial charge in [-0.15, -0.1) is 0 Å². The lowest BCUT2D eigenvalue weighted by Crippen LogP contribution is -2.33. The van der Waals surface area contributed by atoms with Crippen molar-refractivity contribution in [1.82, 2.24) is 19.4 Å². The lowest BCUT2D eigenvalue weighted by Gasteiger charge is -2.08. The standard InChI is InChI=1S/C12H15N5O2/c13-10-1-2-12(19)17(7-10)8-11(18)15-4-6-16-5-3-14-9-16/h1-3,5,7,9H,4,6,8,13H2,(H,15,18). The molecule has 2 aromatic heterocycles. The molecule has 3 N–H and O–H groups in total. The molecule has 0 radical (unpaired) electrons. The van der Waals surface area contributed by atoms with Gasteiger partial charge in [-0.1, -0.05) is 0 Å². The predicted octanol–water partition coefficient (Wildman–Crippen LogP) is -0.557. The van der Waals surface area contributed by atoms with Crippen molar-refractivity contribution < 1.29 is 4.79 Å². The van der Waals surface area contributed by atoms with Gasteiger partial charge in [-0.3, -0.25) is 9.59 Å². The molecule has 2 heterocycles. The number of amides is 1. The minimum atomic E-state index is -0.251. The smallest absolute Gasteiger partial charge is 0.251 e. The molecule has 7 heteroatoms. The minimum absolute atomic E-state index is 0.0339. The number of hydrogen-bond acceptors (Lipinski definition) is 4. The van der Waals surface area contributed by atoms with Crippen LogP contribution >= 0.6 is 0 Å². The van der Waals surface area contributed by atoms with Crippen LogP contribution in [0.15, 0.2) is 41.8 Å². The number of carbonyl (C=O) groups is 1. The molecular formula is C12H15N5O2. The molecule has 0 aromatic carbocycles. The number of imidazole rings is 1. The molecule has 19 heavy (non-hydrogen) atoms. The quantitative estimate of drug-likeness (QED) is 0.754. The van der Waals surface area contributed by atoms with E-state index in [0.29, 0.717) is 18.8 Å². The Morgan fingerprint density at radius 1 is 1.42 bits per heavy atom. The van der Waals surface area contributed by atoms with E-state index < -0.39 is 0 Å². The van der Waals surface area contributed by atoms with Crippen molar-refractivity contribution in [2.45, 2.75) is 13.1 Å². The number of nitrogens with zero attached hydrogens (tertiary/aromatic N) is 3. The molecule has 100 valence electrons. The number of nitrogen functional groups attached to an aromatic ring is 1. The zero-order valence-corrected chi connectivity index (χ0v) is 10.3. The summed E-state index contributed by atoms with van der Waals surface area (Å²) in [4.78, 5) is 27.1. The highest BCUT2D eigenvalue weighted by atomic mass is 16.2. The Morgan fingerprint density at radius 2 is 2.26 bits per heavy atom. The van der Waals surface area contributed by atoms with Crippen molar-refractivity contribution in [2.75, 3.05) is 12.3 Å². The van der Waals surface area contributed by atoms with E-state index in [1.807, 2.05) is 10.8 Å². The summed E-state index contributed by atoms with van der Waals surface area (Å²) >= 11 is 0. The van der Waals surface area contributed by atoms with Gasteiger partial charge in [-0.05, 0) is 6.07 Å². The van der Waals surface area contributed by atoms with Crippen LogP contribution in [0.5, 0.6) is 0 Å². The van der Waals surface area contributed by atoms with Crippen molar-refractivity contribution in [3.05, 3.63) is 47.4 Å². The topological polar surface area (TPSA) is 94.9 Å². The van der Waals surface area contributed by atoms with Crippen molar-refractivity contribution >= 4 is 11.6 Å². The highest BCUT2D eigenvalue weighted by molar-refractivity contribution is 5.75. The minimum Gasteiger partial charge on any atom is -0.398 e. The fraction of sp³-hybridized carbons (Fsp3) is 0.250. The maximum atomic E-state index is 11.7. The number of pyridine rings is 1. The molecule has 0 atom stereocenters. The average Bonchev–Trinajstić information content (AvgIpc) is 2.87. The SMILES string of the molecule is Nc1ccc(=O)n(CC(=O)NCCn2ccnc2)c1. The van der Waals surface area contributed by atoms with Crippen molar-refractivity contribution in [3.8, 4) is 0 Å². The van der Waals surface area contributed by atoms with E-state index >= 15 is 0 Å². The summed E-state index contributed by atoms with van der Waals surface area (Å²) in [5, 5.41) is 2.73. The van der Waals surface area contributed by atoms with Gasteiger partial charge in [0.2, 0.25) is 5.91 Å². The van der Waals surface area contributed by atoms with Gasteiger partial charge in [-0.25, -0.2) is 4.98 Å². The van der Waals surface area contributed by atoms with Crippen LogP contribution in [-0.4, -0.2) is 26.6 Å². The Balaban J connectivity index is 1.84. The van der Waals surface area contributed by atoms with E-state index in [2.05, 4.69) is 10.3 Å². The van der Waals surface area contributed by atoms with Crippen molar-refractivity contribution in [3.63, 3.8) is 0 Å². The summed E-state index contributed by atoms with van der Waals surface area (Å²) in [7, 11) is 0. The van der Waals surface area contributed by atoms with Crippen LogP contribution in [0, 0.1) is 0 Å². The normalized spacial score (nSPS) is 10.3. The molecule has 0 bridgehead atoms. The fourth-order valence-electron chi connectivity index (χ4n) is 1.63. The highest BCUT2D eigenvalue weighted by Crippen LogP contribution is 1.95. The maximum absolute atomic E-state index is 11.7. The number of carbonyl (C=O) groups excluding carboxylic acids is 1. The molecule has 1 amide bonds. The van der Waals surface area contributed by atoms with E-state index in [1.165, 1.54) is 22.9 Å². The first-order chi connectivity index (χ1) is 9.15. The number of nitrogens with one attached hydrogen (secondary N) is 1. The second-order valence-electron chi connectivity index (χ2n) is 4.08. The van der Waals surface area contributed by atoms with Crippen LogP contribution in [0.2, 0.25) is 0 Å². The van der Waals surface area contributed by atoms with Crippen LogP contribution in [0.1, 0.15) is 0 Å². The molecular weight excluding hydrogens is 246 g/mol. The molecule has 7 nitrogen and oxygen atoms in total. The molecule has 0 unspecified atom stereocenters. The summed E-state index contributed by atoms with van der Waals surface area (Å²) in [5.41, 5.74) is 5.76. The third-order valence-electron chi connectivity index (χ3n) is 2.57. The van der Waals surface area contributed by atoms with Gasteiger partial charge in [0.25, 0.3) is 5.56 Å². The molecule has 0 aliphatic carbocycles. The molecule has 0 fully saturated rings. The summed E-state index contributed by atoms with van der Waals surface area (Å²) in [5.74, 6) is -0.229. The van der Waals surface area contributed by atoms with Gasteiger partial charge >= 0.3 is 0 Å². The van der Waals surface area contributed by atoms with Crippen LogP contribution in [-0.2, 0) is 17.9 Å². The third-order valence-corrected chi connectivity index (χ3v) is 2.57. The van der Waals surface area contributed by atoms with E-state index in [1.54, 1.807) is 12.5 Å². The molecule has 0 aliphatic rings. The molecule has 0 saturated heterocycles. The van der Waals surface area contributed by atoms with Gasteiger partial charge in [0.1, 0.15) is 6.54 Å². The molecule has 0 aliphatic heterocycles. The molecule has 2 aromatic rings. The van der Waals surface area contributed by atoms with Crippen molar-refractivity contribution in [1.29, 1.82) is 0 Å². The van der Waals surface area contributed by atoms with E-state index in [9.17, 15) is 9.59 Å². The second kappa shape index (κ2) is 5.85. The van der Waals surface area contributed by atoms with Crippen LogP contribution in [0.25, 0.3) is 0 Å². The Bertz CT molecular complexity index is 603. The van der Waals surface area contributed by atoms with E-state index in [4.69, 9.17) is 5.73 Å². The van der Waals surface area contributed by atoms with Crippen LogP contribution in [0.3, 0.4) is 0 Å². The molecule has 0 saturated carbocycles. The number of aromatic nitrogens is 3. The number of anilines is 1. The van der Waals surface area contributed by atoms with Gasteiger partial charge < -0.3 is 20.2 Å². The van der Waals surface area contributed by atoms with Gasteiger partial charge in [0.05, 0.1) is 6.33 Å². The summed E-state index contributed by atoms with van der Waals surface area (Å²) in [6.45, 7) is 1.08. The zero-order chi connectivity index (χ0) is 13.7. The lowest BCUT2D eigenvalue weighted by molar-refractivity contribution is -0.121. The second-order valence-corrected chi connectivity index (χ2v) is 4.08. The Morgan fingerprint density at radius 3 is 3.00 bits per heavy atom. The molecule has 2 rings (SSSR count). The van der Waals surface area contributed by atoms with E-state index in [0.717, 1.165) is 0 Å². The number of nitrogens with two attached hydrogens (primary N) is 1. The first-order valence-electron chi connectivity index (χ1n) is 5.83. The predicted molar refractivity (Wildman–Crippen MR) is 70.4 cm³/mol. The first-order valence-corrected chi connectivity index (χ1v) is 5.83. The molecule has 0 spiro atoms. The average molecular weight is 261 g/mol. The highest BCUT2D eigenvalue weighted by Gasteiger charge is 2.04. The lowest BCUT2D eigenvalue weighted by atomic mass is 10.4. The van der Waals surface area contributed by atoms with Crippen LogP contribution < -0.4 is 16.6 Å². The zero-order valence-electron chi connectivity index (χ0n) is 10.3. The monoisotopic (exact) mass is 261 g/mol. The largest absolute Gasteiger partial charge is 0.398 e. The summed E-state index contributed by atoms with van der Waals surface area (Å²) in [6, 6.07) is 2.85. The Hall–Kier alpha value is -2.57. The van der Waals surface area contributed by atoms with E-state index in [-0.39, 0.29) is 18.0 Å². The van der Waals surface area contributed by atoms with Gasteiger partial charge in [0.15, 0.2) is 0 Å². The fourth-order valence-corrected chi connectivity index (χ4v) is 1.63. The van der Waals surface area contributed by atoms with Gasteiger partial charge in [-0.2, -0.15) is 0 Å². The number of rotatable bonds is 5. The Labute approximate surface area is 109 Å².